The van der Waals surface area contributed by atoms with Crippen LogP contribution in [-0.2, 0) is 0 Å². The van der Waals surface area contributed by atoms with Crippen LogP contribution in [-0.4, -0.2) is 16.1 Å². The average molecular weight is 268 g/mol. The fraction of sp³-hybridized carbons (Fsp3) is 0. The van der Waals surface area contributed by atoms with Gasteiger partial charge in [-0.2, -0.15) is 0 Å². The van der Waals surface area contributed by atoms with Crippen molar-refractivity contribution in [2.75, 3.05) is 5.32 Å². The number of nitrogens with one attached hydrogen (secondary N) is 1. The molecule has 0 saturated carbocycles. The van der Waals surface area contributed by atoms with E-state index < -0.39 is 0 Å². The Labute approximate surface area is 108 Å². The molecule has 0 aliphatic heterocycles. The summed E-state index contributed by atoms with van der Waals surface area (Å²) >= 11 is 11.4. The molecule has 86 valence electrons. The Kier molecular flexibility index (Phi) is 3.56. The fourth-order valence-corrected chi connectivity index (χ4v) is 1.49. The summed E-state index contributed by atoms with van der Waals surface area (Å²) in [6, 6.07) is 9.83. The predicted octanol–water partition coefficient (Wildman–Crippen LogP) is 3.04. The molecule has 0 unspecified atom stereocenters. The Morgan fingerprint density at radius 2 is 1.94 bits per heavy atom. The van der Waals surface area contributed by atoms with E-state index in [0.29, 0.717) is 10.7 Å². The molecule has 0 fully saturated rings. The lowest BCUT2D eigenvalue weighted by Gasteiger charge is -2.04. The molecule has 1 heterocycles. The van der Waals surface area contributed by atoms with Crippen molar-refractivity contribution in [2.45, 2.75) is 0 Å². The summed E-state index contributed by atoms with van der Waals surface area (Å²) in [7, 11) is 0. The van der Waals surface area contributed by atoms with Crippen molar-refractivity contribution in [3.63, 3.8) is 0 Å². The van der Waals surface area contributed by atoms with Crippen LogP contribution in [0.2, 0.25) is 10.2 Å². The van der Waals surface area contributed by atoms with E-state index >= 15 is 0 Å². The highest BCUT2D eigenvalue weighted by Crippen LogP contribution is 2.15. The topological polar surface area (TPSA) is 54.9 Å². The molecule has 1 aromatic heterocycles. The van der Waals surface area contributed by atoms with Crippen molar-refractivity contribution in [3.8, 4) is 0 Å². The highest BCUT2D eigenvalue weighted by atomic mass is 35.5. The number of rotatable bonds is 2. The molecule has 0 aliphatic carbocycles. The smallest absolute Gasteiger partial charge is 0.276 e. The molecule has 0 aliphatic rings. The van der Waals surface area contributed by atoms with Crippen LogP contribution < -0.4 is 5.32 Å². The molecular weight excluding hydrogens is 261 g/mol. The second kappa shape index (κ2) is 5.12. The quantitative estimate of drug-likeness (QED) is 0.910. The number of carbonyl (C=O) groups excluding carboxylic acids is 1. The number of amides is 1. The zero-order valence-electron chi connectivity index (χ0n) is 8.52. The van der Waals surface area contributed by atoms with Crippen LogP contribution in [0.25, 0.3) is 0 Å². The molecule has 2 aromatic rings. The highest BCUT2D eigenvalue weighted by molar-refractivity contribution is 6.31. The monoisotopic (exact) mass is 267 g/mol. The van der Waals surface area contributed by atoms with Crippen LogP contribution in [0.1, 0.15) is 10.5 Å². The van der Waals surface area contributed by atoms with E-state index in [2.05, 4.69) is 15.5 Å². The molecule has 0 saturated heterocycles. The van der Waals surface area contributed by atoms with E-state index in [1.165, 1.54) is 12.1 Å². The Morgan fingerprint density at radius 1 is 1.12 bits per heavy atom. The summed E-state index contributed by atoms with van der Waals surface area (Å²) in [5.41, 5.74) is 0.786. The minimum Gasteiger partial charge on any atom is -0.321 e. The van der Waals surface area contributed by atoms with E-state index in [1.54, 1.807) is 24.3 Å². The van der Waals surface area contributed by atoms with Gasteiger partial charge in [0, 0.05) is 10.7 Å². The number of hydrogen-bond acceptors (Lipinski definition) is 3. The summed E-state index contributed by atoms with van der Waals surface area (Å²) in [5.74, 6) is -0.364. The van der Waals surface area contributed by atoms with Gasteiger partial charge in [-0.15, -0.1) is 10.2 Å². The van der Waals surface area contributed by atoms with Crippen LogP contribution in [0.15, 0.2) is 36.4 Å². The minimum atomic E-state index is -0.364. The van der Waals surface area contributed by atoms with Gasteiger partial charge in [-0.1, -0.05) is 29.3 Å². The standard InChI is InChI=1S/C11H7Cl2N3O/c12-7-2-1-3-8(6-7)14-11(17)9-4-5-10(13)16-15-9/h1-6H,(H,14,17). The number of halogens is 2. The van der Waals surface area contributed by atoms with Crippen LogP contribution >= 0.6 is 23.2 Å². The Bertz CT molecular complexity index is 543. The Hall–Kier alpha value is -1.65. The number of nitrogens with zero attached hydrogens (tertiary/aromatic N) is 2. The molecule has 0 spiro atoms. The SMILES string of the molecule is O=C(Nc1cccc(Cl)c1)c1ccc(Cl)nn1. The number of carbonyl (C=O) groups is 1. The van der Waals surface area contributed by atoms with Crippen molar-refractivity contribution in [3.05, 3.63) is 52.3 Å². The summed E-state index contributed by atoms with van der Waals surface area (Å²) in [5, 5.41) is 10.7. The number of aromatic nitrogens is 2. The third kappa shape index (κ3) is 3.15. The van der Waals surface area contributed by atoms with Gasteiger partial charge in [0.1, 0.15) is 0 Å². The molecule has 1 amide bonds. The summed E-state index contributed by atoms with van der Waals surface area (Å²) in [6.07, 6.45) is 0. The van der Waals surface area contributed by atoms with Gasteiger partial charge in [-0.3, -0.25) is 4.79 Å². The molecule has 4 nitrogen and oxygen atoms in total. The first-order valence-corrected chi connectivity index (χ1v) is 5.47. The number of anilines is 1. The lowest BCUT2D eigenvalue weighted by Crippen LogP contribution is -2.14. The number of hydrogen-bond donors (Lipinski definition) is 1. The molecule has 2 rings (SSSR count). The van der Waals surface area contributed by atoms with Crippen molar-refractivity contribution in [1.29, 1.82) is 0 Å². The maximum Gasteiger partial charge on any atom is 0.276 e. The maximum atomic E-state index is 11.7. The van der Waals surface area contributed by atoms with Gasteiger partial charge in [0.2, 0.25) is 0 Å². The van der Waals surface area contributed by atoms with Gasteiger partial charge in [0.25, 0.3) is 5.91 Å². The predicted molar refractivity (Wildman–Crippen MR) is 66.4 cm³/mol. The molecule has 6 heteroatoms. The average Bonchev–Trinajstić information content (AvgIpc) is 2.29. The van der Waals surface area contributed by atoms with Gasteiger partial charge in [0.15, 0.2) is 10.8 Å². The molecule has 0 atom stereocenters. The van der Waals surface area contributed by atoms with Gasteiger partial charge in [-0.25, -0.2) is 0 Å². The first-order valence-electron chi connectivity index (χ1n) is 4.71. The van der Waals surface area contributed by atoms with Gasteiger partial charge in [-0.05, 0) is 30.3 Å². The fourth-order valence-electron chi connectivity index (χ4n) is 1.20. The summed E-state index contributed by atoms with van der Waals surface area (Å²) < 4.78 is 0. The first kappa shape index (κ1) is 11.8. The van der Waals surface area contributed by atoms with Crippen molar-refractivity contribution in [2.24, 2.45) is 0 Å². The largest absolute Gasteiger partial charge is 0.321 e. The molecular formula is C11H7Cl2N3O. The van der Waals surface area contributed by atoms with Crippen molar-refractivity contribution < 1.29 is 4.79 Å². The molecule has 1 aromatic carbocycles. The third-order valence-electron chi connectivity index (χ3n) is 1.95. The maximum absolute atomic E-state index is 11.7. The second-order valence-corrected chi connectivity index (χ2v) is 4.03. The normalized spacial score (nSPS) is 10.0. The van der Waals surface area contributed by atoms with E-state index in [9.17, 15) is 4.79 Å². The van der Waals surface area contributed by atoms with Gasteiger partial charge >= 0.3 is 0 Å². The lowest BCUT2D eigenvalue weighted by molar-refractivity contribution is 0.102. The Morgan fingerprint density at radius 3 is 2.59 bits per heavy atom. The van der Waals surface area contributed by atoms with Crippen LogP contribution in [0.5, 0.6) is 0 Å². The molecule has 17 heavy (non-hydrogen) atoms. The minimum absolute atomic E-state index is 0.189. The van der Waals surface area contributed by atoms with E-state index in [4.69, 9.17) is 23.2 Å². The number of benzene rings is 1. The molecule has 1 N–H and O–H groups in total. The molecule has 0 bridgehead atoms. The van der Waals surface area contributed by atoms with E-state index in [-0.39, 0.29) is 16.8 Å². The van der Waals surface area contributed by atoms with Crippen LogP contribution in [0.3, 0.4) is 0 Å². The third-order valence-corrected chi connectivity index (χ3v) is 2.38. The lowest BCUT2D eigenvalue weighted by atomic mass is 10.3. The van der Waals surface area contributed by atoms with Crippen molar-refractivity contribution >= 4 is 34.8 Å². The van der Waals surface area contributed by atoms with Gasteiger partial charge in [0.05, 0.1) is 0 Å². The first-order chi connectivity index (χ1) is 8.15. The van der Waals surface area contributed by atoms with Gasteiger partial charge < -0.3 is 5.32 Å². The van der Waals surface area contributed by atoms with E-state index in [0.717, 1.165) is 0 Å². The summed E-state index contributed by atoms with van der Waals surface area (Å²) in [6.45, 7) is 0. The molecule has 0 radical (unpaired) electrons. The highest BCUT2D eigenvalue weighted by Gasteiger charge is 2.08. The van der Waals surface area contributed by atoms with Crippen LogP contribution in [0, 0.1) is 0 Å². The van der Waals surface area contributed by atoms with E-state index in [1.807, 2.05) is 0 Å². The zero-order valence-corrected chi connectivity index (χ0v) is 10.0. The van der Waals surface area contributed by atoms with Crippen molar-refractivity contribution in [1.82, 2.24) is 10.2 Å². The zero-order chi connectivity index (χ0) is 12.3. The Balaban J connectivity index is 2.14. The summed E-state index contributed by atoms with van der Waals surface area (Å²) in [4.78, 5) is 11.7. The van der Waals surface area contributed by atoms with Crippen LogP contribution in [0.4, 0.5) is 5.69 Å². The second-order valence-electron chi connectivity index (χ2n) is 3.21.